The molecule has 5 rings (SSSR count). The summed E-state index contributed by atoms with van der Waals surface area (Å²) in [5.74, 6) is 0.757. The summed E-state index contributed by atoms with van der Waals surface area (Å²) in [6.45, 7) is 1.49. The van der Waals surface area contributed by atoms with Gasteiger partial charge in [0.2, 0.25) is 18.0 Å². The SMILES string of the molecule is CC(=O)N1N=C(c2cc(C3CC3)nc3ccccc23)O[C@@H]1c1ccc(Cl)cc1. The molecule has 28 heavy (non-hydrogen) atoms. The number of aromatic nitrogens is 1. The fourth-order valence-corrected chi connectivity index (χ4v) is 3.61. The molecule has 6 heteroatoms. The van der Waals surface area contributed by atoms with E-state index < -0.39 is 6.23 Å². The van der Waals surface area contributed by atoms with Gasteiger partial charge in [0.25, 0.3) is 0 Å². The lowest BCUT2D eigenvalue weighted by Gasteiger charge is -2.19. The number of halogens is 1. The van der Waals surface area contributed by atoms with Crippen molar-refractivity contribution in [3.05, 3.63) is 76.4 Å². The van der Waals surface area contributed by atoms with Crippen molar-refractivity contribution in [1.29, 1.82) is 0 Å². The fraction of sp³-hybridized carbons (Fsp3) is 0.227. The zero-order valence-corrected chi connectivity index (χ0v) is 16.1. The zero-order chi connectivity index (χ0) is 19.3. The molecule has 2 aliphatic rings. The normalized spacial score (nSPS) is 18.9. The zero-order valence-electron chi connectivity index (χ0n) is 15.3. The number of amides is 1. The molecule has 2 heterocycles. The average Bonchev–Trinajstić information content (AvgIpc) is 3.46. The molecule has 0 saturated heterocycles. The molecule has 0 spiro atoms. The predicted octanol–water partition coefficient (Wildman–Crippen LogP) is 5.00. The summed E-state index contributed by atoms with van der Waals surface area (Å²) in [7, 11) is 0. The topological polar surface area (TPSA) is 54.8 Å². The van der Waals surface area contributed by atoms with Crippen molar-refractivity contribution in [2.24, 2.45) is 5.10 Å². The molecule has 1 aliphatic heterocycles. The molecule has 2 aromatic carbocycles. The van der Waals surface area contributed by atoms with Crippen LogP contribution in [-0.2, 0) is 9.53 Å². The Morgan fingerprint density at radius 1 is 1.14 bits per heavy atom. The van der Waals surface area contributed by atoms with Crippen molar-refractivity contribution in [2.45, 2.75) is 31.9 Å². The van der Waals surface area contributed by atoms with Crippen LogP contribution in [0, 0.1) is 0 Å². The Hall–Kier alpha value is -2.92. The molecule has 0 bridgehead atoms. The van der Waals surface area contributed by atoms with Gasteiger partial charge in [-0.25, -0.2) is 0 Å². The summed E-state index contributed by atoms with van der Waals surface area (Å²) in [6.07, 6.45) is 1.71. The number of hydrogen-bond acceptors (Lipinski definition) is 4. The molecular formula is C22H18ClN3O2. The van der Waals surface area contributed by atoms with Crippen LogP contribution in [0.25, 0.3) is 10.9 Å². The minimum Gasteiger partial charge on any atom is -0.446 e. The lowest BCUT2D eigenvalue weighted by molar-refractivity contribution is -0.135. The van der Waals surface area contributed by atoms with Crippen molar-refractivity contribution in [2.75, 3.05) is 0 Å². The van der Waals surface area contributed by atoms with E-state index in [1.54, 1.807) is 12.1 Å². The van der Waals surface area contributed by atoms with Gasteiger partial charge in [0.15, 0.2) is 0 Å². The third-order valence-electron chi connectivity index (χ3n) is 5.08. The molecule has 1 fully saturated rings. The molecular weight excluding hydrogens is 374 g/mol. The van der Waals surface area contributed by atoms with Gasteiger partial charge in [-0.15, -0.1) is 5.10 Å². The van der Waals surface area contributed by atoms with Gasteiger partial charge in [0, 0.05) is 40.1 Å². The number of carbonyl (C=O) groups excluding carboxylic acids is 1. The fourth-order valence-electron chi connectivity index (χ4n) is 3.48. The average molecular weight is 392 g/mol. The second kappa shape index (κ2) is 6.60. The number of ether oxygens (including phenoxy) is 1. The van der Waals surface area contributed by atoms with Gasteiger partial charge >= 0.3 is 0 Å². The van der Waals surface area contributed by atoms with Crippen LogP contribution in [-0.4, -0.2) is 21.8 Å². The van der Waals surface area contributed by atoms with E-state index >= 15 is 0 Å². The maximum atomic E-state index is 12.2. The second-order valence-corrected chi connectivity index (χ2v) is 7.61. The minimum absolute atomic E-state index is 0.185. The summed E-state index contributed by atoms with van der Waals surface area (Å²) in [6, 6.07) is 17.3. The third kappa shape index (κ3) is 3.02. The standard InChI is InChI=1S/C22H18ClN3O2/c1-13(27)26-22(15-8-10-16(23)11-9-15)28-21(25-26)18-12-20(14-6-7-14)24-19-5-3-2-4-17(18)19/h2-5,8-12,14,22H,6-7H2,1H3/t22-/m1/s1. The molecule has 1 aromatic heterocycles. The van der Waals surface area contributed by atoms with Crippen LogP contribution >= 0.6 is 11.6 Å². The predicted molar refractivity (Wildman–Crippen MR) is 108 cm³/mol. The van der Waals surface area contributed by atoms with E-state index in [0.717, 1.165) is 40.6 Å². The van der Waals surface area contributed by atoms with Crippen molar-refractivity contribution in [3.8, 4) is 0 Å². The monoisotopic (exact) mass is 391 g/mol. The van der Waals surface area contributed by atoms with Crippen molar-refractivity contribution >= 4 is 34.3 Å². The van der Waals surface area contributed by atoms with Gasteiger partial charge in [0.05, 0.1) is 5.52 Å². The largest absolute Gasteiger partial charge is 0.446 e. The number of nitrogens with zero attached hydrogens (tertiary/aromatic N) is 3. The molecule has 1 aliphatic carbocycles. The lowest BCUT2D eigenvalue weighted by atomic mass is 10.1. The van der Waals surface area contributed by atoms with Crippen LogP contribution in [0.1, 0.15) is 48.7 Å². The smallest absolute Gasteiger partial charge is 0.243 e. The number of pyridine rings is 1. The van der Waals surface area contributed by atoms with Crippen LogP contribution in [0.5, 0.6) is 0 Å². The van der Waals surface area contributed by atoms with Crippen molar-refractivity contribution in [1.82, 2.24) is 9.99 Å². The van der Waals surface area contributed by atoms with E-state index in [2.05, 4.69) is 11.2 Å². The second-order valence-electron chi connectivity index (χ2n) is 7.18. The number of hydrazone groups is 1. The summed E-state index contributed by atoms with van der Waals surface area (Å²) < 4.78 is 6.19. The molecule has 1 atom stereocenters. The van der Waals surface area contributed by atoms with E-state index in [1.165, 1.54) is 11.9 Å². The molecule has 1 amide bonds. The first kappa shape index (κ1) is 17.2. The Morgan fingerprint density at radius 2 is 1.89 bits per heavy atom. The Morgan fingerprint density at radius 3 is 2.61 bits per heavy atom. The van der Waals surface area contributed by atoms with Crippen LogP contribution in [0.15, 0.2) is 59.7 Å². The Labute approximate surface area is 167 Å². The maximum Gasteiger partial charge on any atom is 0.243 e. The first-order valence-corrected chi connectivity index (χ1v) is 9.68. The number of para-hydroxylation sites is 1. The number of hydrogen-bond donors (Lipinski definition) is 0. The van der Waals surface area contributed by atoms with Crippen LogP contribution in [0.3, 0.4) is 0 Å². The Balaban J connectivity index is 1.60. The Bertz CT molecular complexity index is 1110. The number of rotatable bonds is 3. The third-order valence-corrected chi connectivity index (χ3v) is 5.34. The minimum atomic E-state index is -0.610. The molecule has 5 nitrogen and oxygen atoms in total. The highest BCUT2D eigenvalue weighted by Gasteiger charge is 2.34. The van der Waals surface area contributed by atoms with Crippen LogP contribution in [0.2, 0.25) is 5.02 Å². The lowest BCUT2D eigenvalue weighted by Crippen LogP contribution is -2.25. The van der Waals surface area contributed by atoms with E-state index in [-0.39, 0.29) is 5.91 Å². The van der Waals surface area contributed by atoms with E-state index in [4.69, 9.17) is 21.3 Å². The maximum absolute atomic E-state index is 12.2. The first-order chi connectivity index (χ1) is 13.6. The highest BCUT2D eigenvalue weighted by atomic mass is 35.5. The van der Waals surface area contributed by atoms with E-state index in [9.17, 15) is 4.79 Å². The van der Waals surface area contributed by atoms with Crippen LogP contribution in [0.4, 0.5) is 0 Å². The highest BCUT2D eigenvalue weighted by Crippen LogP contribution is 2.41. The molecule has 0 radical (unpaired) electrons. The van der Waals surface area contributed by atoms with Crippen molar-refractivity contribution in [3.63, 3.8) is 0 Å². The van der Waals surface area contributed by atoms with E-state index in [1.807, 2.05) is 36.4 Å². The summed E-state index contributed by atoms with van der Waals surface area (Å²) in [5.41, 5.74) is 3.66. The molecule has 140 valence electrons. The van der Waals surface area contributed by atoms with Gasteiger partial charge in [-0.3, -0.25) is 9.78 Å². The van der Waals surface area contributed by atoms with Gasteiger partial charge in [-0.2, -0.15) is 5.01 Å². The highest BCUT2D eigenvalue weighted by molar-refractivity contribution is 6.30. The molecule has 3 aromatic rings. The van der Waals surface area contributed by atoms with Crippen LogP contribution < -0.4 is 0 Å². The van der Waals surface area contributed by atoms with Gasteiger partial charge < -0.3 is 4.74 Å². The van der Waals surface area contributed by atoms with Gasteiger partial charge in [0.1, 0.15) is 0 Å². The first-order valence-electron chi connectivity index (χ1n) is 9.31. The molecule has 0 N–H and O–H groups in total. The quantitative estimate of drug-likeness (QED) is 0.631. The Kier molecular flexibility index (Phi) is 4.05. The van der Waals surface area contributed by atoms with Crippen molar-refractivity contribution < 1.29 is 9.53 Å². The molecule has 0 unspecified atom stereocenters. The number of carbonyl (C=O) groups is 1. The van der Waals surface area contributed by atoms with E-state index in [0.29, 0.717) is 16.8 Å². The molecule has 1 saturated carbocycles. The number of benzene rings is 2. The summed E-state index contributed by atoms with van der Waals surface area (Å²) >= 11 is 6.00. The van der Waals surface area contributed by atoms with Gasteiger partial charge in [-0.1, -0.05) is 41.9 Å². The summed E-state index contributed by atoms with van der Waals surface area (Å²) in [4.78, 5) is 17.0. The number of fused-ring (bicyclic) bond motifs is 1. The van der Waals surface area contributed by atoms with Gasteiger partial charge in [-0.05, 0) is 37.1 Å². The summed E-state index contributed by atoms with van der Waals surface area (Å²) in [5, 5.41) is 7.50.